The molecule has 0 unspecified atom stereocenters. The van der Waals surface area contributed by atoms with Crippen molar-refractivity contribution in [2.24, 2.45) is 0 Å². The maximum Gasteiger partial charge on any atom is 0.233 e. The Balaban J connectivity index is 1.52. The van der Waals surface area contributed by atoms with Gasteiger partial charge in [0.15, 0.2) is 0 Å². The molecule has 0 atom stereocenters. The van der Waals surface area contributed by atoms with E-state index in [-0.39, 0.29) is 6.54 Å². The van der Waals surface area contributed by atoms with E-state index in [1.807, 2.05) is 74.5 Å². The third kappa shape index (κ3) is 6.98. The second-order valence-corrected chi connectivity index (χ2v) is 8.44. The summed E-state index contributed by atoms with van der Waals surface area (Å²) < 4.78 is 26.7. The average Bonchev–Trinajstić information content (AvgIpc) is 2.72. The van der Waals surface area contributed by atoms with Crippen LogP contribution in [0.25, 0.3) is 6.08 Å². The Bertz CT molecular complexity index is 1100. The number of nitrogens with zero attached hydrogens (tertiary/aromatic N) is 2. The molecule has 3 rings (SSSR count). The fraction of sp³-hybridized carbons (Fsp3) is 0.182. The van der Waals surface area contributed by atoms with Gasteiger partial charge in [0.25, 0.3) is 0 Å². The van der Waals surface area contributed by atoms with Crippen molar-refractivity contribution in [3.8, 4) is 0 Å². The number of hydrogen-bond acceptors (Lipinski definition) is 6. The lowest BCUT2D eigenvalue weighted by Gasteiger charge is -2.10. The molecule has 30 heavy (non-hydrogen) atoms. The molecule has 0 aliphatic rings. The summed E-state index contributed by atoms with van der Waals surface area (Å²) in [5.74, 6) is 1.10. The standard InChI is InChI=1S/C22H25N5O2S/c1-17-8-10-20(11-9-17)26-21-16-18(2)25-22(27-21)23-13-14-24-30(28,29)15-12-19-6-4-3-5-7-19/h3-12,15-16,24H,13-14H2,1-2H3,(H2,23,25,26,27)/b15-12+. The highest BCUT2D eigenvalue weighted by Crippen LogP contribution is 2.17. The van der Waals surface area contributed by atoms with E-state index in [2.05, 4.69) is 25.3 Å². The molecule has 0 saturated heterocycles. The molecule has 8 heteroatoms. The lowest BCUT2D eigenvalue weighted by Crippen LogP contribution is -2.27. The molecule has 1 heterocycles. The first-order valence-electron chi connectivity index (χ1n) is 9.56. The van der Waals surface area contributed by atoms with Gasteiger partial charge in [0, 0.05) is 35.9 Å². The zero-order valence-electron chi connectivity index (χ0n) is 17.0. The van der Waals surface area contributed by atoms with Crippen molar-refractivity contribution >= 4 is 33.6 Å². The van der Waals surface area contributed by atoms with Crippen LogP contribution in [0.4, 0.5) is 17.5 Å². The van der Waals surface area contributed by atoms with E-state index >= 15 is 0 Å². The van der Waals surface area contributed by atoms with Gasteiger partial charge in [-0.15, -0.1) is 0 Å². The maximum absolute atomic E-state index is 12.1. The van der Waals surface area contributed by atoms with E-state index in [0.717, 1.165) is 22.4 Å². The minimum atomic E-state index is -3.52. The van der Waals surface area contributed by atoms with E-state index in [1.165, 1.54) is 5.56 Å². The maximum atomic E-state index is 12.1. The first-order chi connectivity index (χ1) is 14.4. The number of hydrogen-bond donors (Lipinski definition) is 3. The van der Waals surface area contributed by atoms with Gasteiger partial charge >= 0.3 is 0 Å². The first-order valence-corrected chi connectivity index (χ1v) is 11.1. The molecule has 0 bridgehead atoms. The minimum absolute atomic E-state index is 0.208. The van der Waals surface area contributed by atoms with Crippen molar-refractivity contribution in [3.05, 3.63) is 82.9 Å². The Kier molecular flexibility index (Phi) is 7.16. The van der Waals surface area contributed by atoms with Crippen LogP contribution in [-0.4, -0.2) is 31.5 Å². The van der Waals surface area contributed by atoms with Crippen molar-refractivity contribution in [2.45, 2.75) is 13.8 Å². The highest BCUT2D eigenvalue weighted by molar-refractivity contribution is 7.92. The molecule has 3 N–H and O–H groups in total. The van der Waals surface area contributed by atoms with E-state index < -0.39 is 10.0 Å². The molecule has 3 aromatic rings. The Labute approximate surface area is 177 Å². The molecule has 156 valence electrons. The lowest BCUT2D eigenvalue weighted by molar-refractivity contribution is 0.592. The number of aryl methyl sites for hydroxylation is 2. The van der Waals surface area contributed by atoms with Gasteiger partial charge in [-0.25, -0.2) is 18.1 Å². The Morgan fingerprint density at radius 3 is 2.40 bits per heavy atom. The Hall–Kier alpha value is -3.23. The summed E-state index contributed by atoms with van der Waals surface area (Å²) in [5, 5.41) is 7.46. The number of anilines is 3. The number of benzene rings is 2. The largest absolute Gasteiger partial charge is 0.353 e. The minimum Gasteiger partial charge on any atom is -0.353 e. The molecule has 0 aliphatic heterocycles. The summed E-state index contributed by atoms with van der Waals surface area (Å²) >= 11 is 0. The SMILES string of the molecule is Cc1ccc(Nc2cc(C)nc(NCCNS(=O)(=O)/C=C/c3ccccc3)n2)cc1. The predicted octanol–water partition coefficient (Wildman–Crippen LogP) is 3.84. The third-order valence-corrected chi connectivity index (χ3v) is 5.23. The molecular weight excluding hydrogens is 398 g/mol. The van der Waals surface area contributed by atoms with Gasteiger partial charge in [-0.3, -0.25) is 0 Å². The number of aromatic nitrogens is 2. The van der Waals surface area contributed by atoms with Crippen molar-refractivity contribution in [1.29, 1.82) is 0 Å². The smallest absolute Gasteiger partial charge is 0.233 e. The summed E-state index contributed by atoms with van der Waals surface area (Å²) in [6, 6.07) is 19.1. The molecule has 0 fully saturated rings. The summed E-state index contributed by atoms with van der Waals surface area (Å²) in [5.41, 5.74) is 3.74. The van der Waals surface area contributed by atoms with Gasteiger partial charge in [-0.2, -0.15) is 4.98 Å². The zero-order chi connectivity index (χ0) is 21.4. The quantitative estimate of drug-likeness (QED) is 0.453. The number of sulfonamides is 1. The van der Waals surface area contributed by atoms with E-state index in [0.29, 0.717) is 18.3 Å². The van der Waals surface area contributed by atoms with Crippen LogP contribution in [0.15, 0.2) is 66.1 Å². The Morgan fingerprint density at radius 1 is 0.933 bits per heavy atom. The molecule has 0 spiro atoms. The van der Waals surface area contributed by atoms with Crippen LogP contribution in [-0.2, 0) is 10.0 Å². The highest BCUT2D eigenvalue weighted by atomic mass is 32.2. The third-order valence-electron chi connectivity index (χ3n) is 4.13. The van der Waals surface area contributed by atoms with Crippen molar-refractivity contribution in [1.82, 2.24) is 14.7 Å². The molecule has 0 saturated carbocycles. The van der Waals surface area contributed by atoms with Gasteiger partial charge in [-0.1, -0.05) is 48.0 Å². The first kappa shape index (κ1) is 21.5. The van der Waals surface area contributed by atoms with Crippen LogP contribution >= 0.6 is 0 Å². The molecule has 0 radical (unpaired) electrons. The summed E-state index contributed by atoms with van der Waals surface area (Å²) in [6.07, 6.45) is 1.56. The van der Waals surface area contributed by atoms with Gasteiger partial charge in [0.1, 0.15) is 5.82 Å². The summed E-state index contributed by atoms with van der Waals surface area (Å²) in [7, 11) is -3.52. The van der Waals surface area contributed by atoms with Crippen LogP contribution in [0.3, 0.4) is 0 Å². The summed E-state index contributed by atoms with van der Waals surface area (Å²) in [6.45, 7) is 4.47. The van der Waals surface area contributed by atoms with Crippen LogP contribution in [0.2, 0.25) is 0 Å². The number of nitrogens with one attached hydrogen (secondary N) is 3. The predicted molar refractivity (Wildman–Crippen MR) is 122 cm³/mol. The van der Waals surface area contributed by atoms with E-state index in [9.17, 15) is 8.42 Å². The van der Waals surface area contributed by atoms with Crippen LogP contribution in [0, 0.1) is 13.8 Å². The van der Waals surface area contributed by atoms with Gasteiger partial charge < -0.3 is 10.6 Å². The van der Waals surface area contributed by atoms with Crippen LogP contribution in [0.5, 0.6) is 0 Å². The molecular formula is C22H25N5O2S. The van der Waals surface area contributed by atoms with E-state index in [4.69, 9.17) is 0 Å². The second-order valence-electron chi connectivity index (χ2n) is 6.79. The Morgan fingerprint density at radius 2 is 1.67 bits per heavy atom. The van der Waals surface area contributed by atoms with Gasteiger partial charge in [0.2, 0.25) is 16.0 Å². The number of rotatable bonds is 9. The van der Waals surface area contributed by atoms with Crippen molar-refractivity contribution < 1.29 is 8.42 Å². The molecule has 7 nitrogen and oxygen atoms in total. The van der Waals surface area contributed by atoms with E-state index in [1.54, 1.807) is 6.08 Å². The van der Waals surface area contributed by atoms with Gasteiger partial charge in [0.05, 0.1) is 0 Å². The monoisotopic (exact) mass is 423 g/mol. The van der Waals surface area contributed by atoms with Crippen molar-refractivity contribution in [2.75, 3.05) is 23.7 Å². The molecule has 2 aromatic carbocycles. The van der Waals surface area contributed by atoms with Crippen LogP contribution < -0.4 is 15.4 Å². The van der Waals surface area contributed by atoms with Crippen molar-refractivity contribution in [3.63, 3.8) is 0 Å². The summed E-state index contributed by atoms with van der Waals surface area (Å²) in [4.78, 5) is 8.78. The fourth-order valence-corrected chi connectivity index (χ4v) is 3.46. The molecule has 0 aliphatic carbocycles. The molecule has 0 amide bonds. The lowest BCUT2D eigenvalue weighted by atomic mass is 10.2. The topological polar surface area (TPSA) is 96.0 Å². The average molecular weight is 424 g/mol. The molecule has 1 aromatic heterocycles. The highest BCUT2D eigenvalue weighted by Gasteiger charge is 2.06. The zero-order valence-corrected chi connectivity index (χ0v) is 17.8. The van der Waals surface area contributed by atoms with Gasteiger partial charge in [-0.05, 0) is 37.6 Å². The fourth-order valence-electron chi connectivity index (χ4n) is 2.64. The second kappa shape index (κ2) is 10.00. The van der Waals surface area contributed by atoms with Crippen LogP contribution in [0.1, 0.15) is 16.8 Å². The normalized spacial score (nSPS) is 11.5.